The largest absolute Gasteiger partial charge is 0.481 e. The minimum atomic E-state index is -1.17. The third kappa shape index (κ3) is 5.01. The first-order valence-electron chi connectivity index (χ1n) is 11.1. The summed E-state index contributed by atoms with van der Waals surface area (Å²) >= 11 is 0. The van der Waals surface area contributed by atoms with Gasteiger partial charge in [0.2, 0.25) is 0 Å². The lowest BCUT2D eigenvalue weighted by Gasteiger charge is -2.19. The van der Waals surface area contributed by atoms with Gasteiger partial charge in [-0.05, 0) is 54.3 Å². The smallest absolute Gasteiger partial charge is 0.411 e. The van der Waals surface area contributed by atoms with Gasteiger partial charge in [-0.2, -0.15) is 0 Å². The van der Waals surface area contributed by atoms with Gasteiger partial charge in [-0.15, -0.1) is 0 Å². The van der Waals surface area contributed by atoms with Crippen molar-refractivity contribution in [2.24, 2.45) is 5.41 Å². The van der Waals surface area contributed by atoms with Gasteiger partial charge in [0.25, 0.3) is 5.91 Å². The quantitative estimate of drug-likeness (QED) is 0.444. The molecular weight excluding hydrogens is 451 g/mol. The Morgan fingerprint density at radius 3 is 2.14 bits per heavy atom. The maximum atomic E-state index is 14.6. The molecule has 3 aromatic rings. The van der Waals surface area contributed by atoms with Gasteiger partial charge in [0.15, 0.2) is 0 Å². The molecule has 3 N–H and O–H groups in total. The van der Waals surface area contributed by atoms with Crippen LogP contribution in [0.4, 0.5) is 14.9 Å². The Labute approximate surface area is 201 Å². The minimum Gasteiger partial charge on any atom is -0.481 e. The summed E-state index contributed by atoms with van der Waals surface area (Å²) in [4.78, 5) is 35.8. The lowest BCUT2D eigenvalue weighted by Crippen LogP contribution is -2.38. The van der Waals surface area contributed by atoms with E-state index in [-0.39, 0.29) is 30.3 Å². The molecule has 0 spiro atoms. The van der Waals surface area contributed by atoms with Crippen molar-refractivity contribution < 1.29 is 28.6 Å². The molecule has 0 fully saturated rings. The highest BCUT2D eigenvalue weighted by Gasteiger charge is 2.29. The van der Waals surface area contributed by atoms with E-state index in [4.69, 9.17) is 9.84 Å². The fraction of sp³-hybridized carbons (Fsp3) is 0.222. The average Bonchev–Trinajstić information content (AvgIpc) is 3.16. The second kappa shape index (κ2) is 9.58. The molecule has 8 heteroatoms. The number of carbonyl (C=O) groups is 3. The number of rotatable bonds is 7. The normalized spacial score (nSPS) is 12.4. The third-order valence-corrected chi connectivity index (χ3v) is 6.08. The Hall–Kier alpha value is -4.20. The van der Waals surface area contributed by atoms with Crippen LogP contribution in [-0.4, -0.2) is 36.2 Å². The van der Waals surface area contributed by atoms with E-state index in [1.54, 1.807) is 0 Å². The van der Waals surface area contributed by atoms with Crippen molar-refractivity contribution in [3.05, 3.63) is 89.2 Å². The highest BCUT2D eigenvalue weighted by Crippen LogP contribution is 2.44. The first kappa shape index (κ1) is 23.9. The van der Waals surface area contributed by atoms with E-state index in [0.29, 0.717) is 0 Å². The summed E-state index contributed by atoms with van der Waals surface area (Å²) in [5.41, 5.74) is 3.03. The number of hydrogen-bond acceptors (Lipinski definition) is 4. The van der Waals surface area contributed by atoms with E-state index < -0.39 is 29.2 Å². The number of benzene rings is 3. The fourth-order valence-electron chi connectivity index (χ4n) is 3.98. The van der Waals surface area contributed by atoms with E-state index in [2.05, 4.69) is 10.6 Å². The highest BCUT2D eigenvalue weighted by molar-refractivity contribution is 5.95. The van der Waals surface area contributed by atoms with Crippen molar-refractivity contribution in [2.45, 2.75) is 19.8 Å². The Balaban J connectivity index is 1.38. The molecule has 3 aromatic carbocycles. The topological polar surface area (TPSA) is 105 Å². The molecular formula is C27H25FN2O5. The Morgan fingerprint density at radius 2 is 1.57 bits per heavy atom. The van der Waals surface area contributed by atoms with Crippen LogP contribution in [-0.2, 0) is 9.53 Å². The molecule has 0 bridgehead atoms. The van der Waals surface area contributed by atoms with E-state index in [9.17, 15) is 18.8 Å². The lowest BCUT2D eigenvalue weighted by molar-refractivity contribution is -0.146. The number of anilines is 1. The van der Waals surface area contributed by atoms with Crippen LogP contribution < -0.4 is 10.6 Å². The average molecular weight is 477 g/mol. The summed E-state index contributed by atoms with van der Waals surface area (Å²) in [6.45, 7) is 2.90. The van der Waals surface area contributed by atoms with Crippen LogP contribution in [0.25, 0.3) is 11.1 Å². The van der Waals surface area contributed by atoms with Gasteiger partial charge in [0.05, 0.1) is 11.1 Å². The maximum Gasteiger partial charge on any atom is 0.411 e. The number of amides is 2. The Morgan fingerprint density at radius 1 is 0.971 bits per heavy atom. The second-order valence-electron chi connectivity index (χ2n) is 9.02. The molecule has 0 saturated carbocycles. The summed E-state index contributed by atoms with van der Waals surface area (Å²) in [5, 5.41) is 14.0. The molecule has 180 valence electrons. The lowest BCUT2D eigenvalue weighted by atomic mass is 9.94. The summed E-state index contributed by atoms with van der Waals surface area (Å²) in [6.07, 6.45) is -0.814. The van der Waals surface area contributed by atoms with Crippen LogP contribution in [0.15, 0.2) is 66.7 Å². The van der Waals surface area contributed by atoms with Crippen molar-refractivity contribution in [3.8, 4) is 11.1 Å². The number of nitrogens with one attached hydrogen (secondary N) is 2. The van der Waals surface area contributed by atoms with Crippen LogP contribution in [0.3, 0.4) is 0 Å². The molecule has 0 aromatic heterocycles. The zero-order chi connectivity index (χ0) is 25.2. The first-order chi connectivity index (χ1) is 16.7. The number of ether oxygens (including phenoxy) is 1. The van der Waals surface area contributed by atoms with Crippen molar-refractivity contribution >= 4 is 23.7 Å². The highest BCUT2D eigenvalue weighted by atomic mass is 19.1. The van der Waals surface area contributed by atoms with Gasteiger partial charge in [-0.1, -0.05) is 48.5 Å². The van der Waals surface area contributed by atoms with E-state index in [1.165, 1.54) is 26.0 Å². The molecule has 1 aliphatic carbocycles. The van der Waals surface area contributed by atoms with E-state index in [0.717, 1.165) is 28.3 Å². The van der Waals surface area contributed by atoms with Crippen LogP contribution >= 0.6 is 0 Å². The summed E-state index contributed by atoms with van der Waals surface area (Å²) in [6, 6.07) is 19.4. The molecule has 7 nitrogen and oxygen atoms in total. The van der Waals surface area contributed by atoms with Crippen molar-refractivity contribution in [1.82, 2.24) is 5.32 Å². The minimum absolute atomic E-state index is 0.00164. The van der Waals surface area contributed by atoms with Crippen molar-refractivity contribution in [2.75, 3.05) is 18.5 Å². The fourth-order valence-corrected chi connectivity index (χ4v) is 3.98. The summed E-state index contributed by atoms with van der Waals surface area (Å²) in [5.74, 6) is -2.62. The van der Waals surface area contributed by atoms with Crippen LogP contribution in [0.2, 0.25) is 0 Å². The van der Waals surface area contributed by atoms with Gasteiger partial charge in [-0.3, -0.25) is 14.9 Å². The van der Waals surface area contributed by atoms with Gasteiger partial charge in [0.1, 0.15) is 12.4 Å². The predicted molar refractivity (Wildman–Crippen MR) is 129 cm³/mol. The number of halogens is 1. The van der Waals surface area contributed by atoms with Crippen molar-refractivity contribution in [3.63, 3.8) is 0 Å². The molecule has 0 atom stereocenters. The van der Waals surface area contributed by atoms with Crippen LogP contribution in [0.5, 0.6) is 0 Å². The molecule has 0 unspecified atom stereocenters. The molecule has 2 amide bonds. The number of carbonyl (C=O) groups excluding carboxylic acids is 2. The molecule has 0 aliphatic heterocycles. The van der Waals surface area contributed by atoms with Crippen LogP contribution in [0, 0.1) is 11.2 Å². The van der Waals surface area contributed by atoms with Crippen LogP contribution in [0.1, 0.15) is 41.3 Å². The Kier molecular flexibility index (Phi) is 6.55. The summed E-state index contributed by atoms with van der Waals surface area (Å²) in [7, 11) is 0. The standard InChI is InChI=1S/C27H25FN2O5/c1-27(2,25(32)33)15-29-24(31)16-11-12-23(22(28)13-16)30-26(34)35-14-21-19-9-5-3-7-17(19)18-8-4-6-10-20(18)21/h3-13,21H,14-15H2,1-2H3,(H,29,31)(H,30,34)(H,32,33). The SMILES string of the molecule is CC(C)(CNC(=O)c1ccc(NC(=O)OCC2c3ccccc3-c3ccccc32)c(F)c1)C(=O)O. The second-order valence-corrected chi connectivity index (χ2v) is 9.02. The molecule has 35 heavy (non-hydrogen) atoms. The van der Waals surface area contributed by atoms with Gasteiger partial charge >= 0.3 is 12.1 Å². The molecule has 0 heterocycles. The van der Waals surface area contributed by atoms with Gasteiger partial charge in [0, 0.05) is 18.0 Å². The number of fused-ring (bicyclic) bond motifs is 3. The molecule has 1 aliphatic rings. The van der Waals surface area contributed by atoms with E-state index >= 15 is 0 Å². The zero-order valence-corrected chi connectivity index (χ0v) is 19.3. The predicted octanol–water partition coefficient (Wildman–Crippen LogP) is 5.03. The van der Waals surface area contributed by atoms with E-state index in [1.807, 2.05) is 48.5 Å². The molecule has 0 radical (unpaired) electrons. The van der Waals surface area contributed by atoms with Gasteiger partial charge in [-0.25, -0.2) is 9.18 Å². The third-order valence-electron chi connectivity index (χ3n) is 6.08. The monoisotopic (exact) mass is 476 g/mol. The van der Waals surface area contributed by atoms with Gasteiger partial charge < -0.3 is 15.2 Å². The number of carboxylic acids is 1. The molecule has 0 saturated heterocycles. The first-order valence-corrected chi connectivity index (χ1v) is 11.1. The zero-order valence-electron chi connectivity index (χ0n) is 19.3. The number of aliphatic carboxylic acids is 1. The summed E-state index contributed by atoms with van der Waals surface area (Å²) < 4.78 is 20.0. The maximum absolute atomic E-state index is 14.6. The number of carboxylic acid groups (broad SMARTS) is 1. The molecule has 4 rings (SSSR count). The van der Waals surface area contributed by atoms with Crippen molar-refractivity contribution in [1.29, 1.82) is 0 Å². The Bertz CT molecular complexity index is 1260. The number of hydrogen-bond donors (Lipinski definition) is 3.